The smallest absolute Gasteiger partial charge is 0.0594 e. The van der Waals surface area contributed by atoms with E-state index in [2.05, 4.69) is 58.1 Å². The fourth-order valence-electron chi connectivity index (χ4n) is 1.95. The minimum absolute atomic E-state index is 0.313. The van der Waals surface area contributed by atoms with E-state index in [1.165, 1.54) is 16.7 Å². The highest BCUT2D eigenvalue weighted by atomic mass is 16.5. The van der Waals surface area contributed by atoms with Gasteiger partial charge < -0.3 is 10.1 Å². The van der Waals surface area contributed by atoms with E-state index in [1.54, 1.807) is 0 Å². The summed E-state index contributed by atoms with van der Waals surface area (Å²) in [6, 6.07) is 7.07. The van der Waals surface area contributed by atoms with Gasteiger partial charge in [0, 0.05) is 12.6 Å². The van der Waals surface area contributed by atoms with Crippen molar-refractivity contribution in [3.8, 4) is 0 Å². The minimum atomic E-state index is 0.313. The largest absolute Gasteiger partial charge is 0.377 e. The predicted molar refractivity (Wildman–Crippen MR) is 73.4 cm³/mol. The molecule has 1 aromatic carbocycles. The van der Waals surface area contributed by atoms with Gasteiger partial charge in [0.05, 0.1) is 12.7 Å². The summed E-state index contributed by atoms with van der Waals surface area (Å²) in [6.07, 6.45) is 0.313. The Morgan fingerprint density at radius 2 is 1.65 bits per heavy atom. The van der Waals surface area contributed by atoms with Gasteiger partial charge in [0.25, 0.3) is 0 Å². The molecule has 0 saturated heterocycles. The average Bonchev–Trinajstić information content (AvgIpc) is 2.22. The van der Waals surface area contributed by atoms with E-state index in [0.29, 0.717) is 12.1 Å². The second kappa shape index (κ2) is 6.77. The highest BCUT2D eigenvalue weighted by Gasteiger charge is 2.05. The summed E-state index contributed by atoms with van der Waals surface area (Å²) >= 11 is 0. The standard InChI is InChI=1S/C15H25NO/c1-11(2)17-7-6-16-14(5)15-9-12(3)8-13(4)10-15/h8-11,14,16H,6-7H2,1-5H3. The molecule has 1 rings (SSSR count). The molecule has 0 aromatic heterocycles. The SMILES string of the molecule is Cc1cc(C)cc(C(C)NCCOC(C)C)c1. The van der Waals surface area contributed by atoms with Crippen molar-refractivity contribution >= 4 is 0 Å². The lowest BCUT2D eigenvalue weighted by Gasteiger charge is -2.16. The number of rotatable bonds is 6. The number of benzene rings is 1. The Morgan fingerprint density at radius 3 is 2.18 bits per heavy atom. The summed E-state index contributed by atoms with van der Waals surface area (Å²) < 4.78 is 5.51. The maximum atomic E-state index is 5.51. The first-order valence-electron chi connectivity index (χ1n) is 6.42. The molecule has 2 heteroatoms. The van der Waals surface area contributed by atoms with Crippen molar-refractivity contribution in [3.05, 3.63) is 34.9 Å². The van der Waals surface area contributed by atoms with Crippen LogP contribution in [0.5, 0.6) is 0 Å². The number of nitrogens with one attached hydrogen (secondary N) is 1. The van der Waals surface area contributed by atoms with Crippen LogP contribution in [0.25, 0.3) is 0 Å². The second-order valence-corrected chi connectivity index (χ2v) is 5.02. The van der Waals surface area contributed by atoms with Crippen LogP contribution in [0.3, 0.4) is 0 Å². The lowest BCUT2D eigenvalue weighted by molar-refractivity contribution is 0.0796. The molecule has 1 aromatic rings. The summed E-state index contributed by atoms with van der Waals surface area (Å²) in [4.78, 5) is 0. The van der Waals surface area contributed by atoms with Gasteiger partial charge in [-0.3, -0.25) is 0 Å². The van der Waals surface area contributed by atoms with Crippen molar-refractivity contribution < 1.29 is 4.74 Å². The molecule has 1 N–H and O–H groups in total. The van der Waals surface area contributed by atoms with Gasteiger partial charge in [-0.25, -0.2) is 0 Å². The van der Waals surface area contributed by atoms with Crippen molar-refractivity contribution in [3.63, 3.8) is 0 Å². The molecule has 0 bridgehead atoms. The first-order valence-corrected chi connectivity index (χ1v) is 6.42. The Balaban J connectivity index is 2.43. The Bertz CT molecular complexity index is 327. The third kappa shape index (κ3) is 5.33. The van der Waals surface area contributed by atoms with Gasteiger partial charge in [-0.2, -0.15) is 0 Å². The van der Waals surface area contributed by atoms with Gasteiger partial charge in [0.15, 0.2) is 0 Å². The summed E-state index contributed by atoms with van der Waals surface area (Å²) in [7, 11) is 0. The van der Waals surface area contributed by atoms with Crippen LogP contribution >= 0.6 is 0 Å². The van der Waals surface area contributed by atoms with E-state index in [-0.39, 0.29) is 0 Å². The molecule has 0 aliphatic heterocycles. The minimum Gasteiger partial charge on any atom is -0.377 e. The van der Waals surface area contributed by atoms with E-state index in [0.717, 1.165) is 13.2 Å². The van der Waals surface area contributed by atoms with Gasteiger partial charge in [0.2, 0.25) is 0 Å². The van der Waals surface area contributed by atoms with Crippen molar-refractivity contribution in [2.75, 3.05) is 13.2 Å². The molecule has 1 unspecified atom stereocenters. The second-order valence-electron chi connectivity index (χ2n) is 5.02. The Labute approximate surface area is 105 Å². The fourth-order valence-corrected chi connectivity index (χ4v) is 1.95. The highest BCUT2D eigenvalue weighted by molar-refractivity contribution is 5.30. The van der Waals surface area contributed by atoms with Crippen LogP contribution in [-0.4, -0.2) is 19.3 Å². The molecule has 96 valence electrons. The van der Waals surface area contributed by atoms with Crippen LogP contribution in [0.2, 0.25) is 0 Å². The van der Waals surface area contributed by atoms with E-state index in [9.17, 15) is 0 Å². The highest BCUT2D eigenvalue weighted by Crippen LogP contribution is 2.16. The predicted octanol–water partition coefficient (Wildman–Crippen LogP) is 3.38. The van der Waals surface area contributed by atoms with Crippen LogP contribution in [0, 0.1) is 13.8 Å². The number of hydrogen-bond acceptors (Lipinski definition) is 2. The van der Waals surface area contributed by atoms with Gasteiger partial charge in [0.1, 0.15) is 0 Å². The molecule has 0 saturated carbocycles. The number of aryl methyl sites for hydroxylation is 2. The van der Waals surface area contributed by atoms with Crippen molar-refractivity contribution in [1.29, 1.82) is 0 Å². The summed E-state index contributed by atoms with van der Waals surface area (Å²) in [5.74, 6) is 0. The molecular weight excluding hydrogens is 210 g/mol. The molecule has 0 heterocycles. The van der Waals surface area contributed by atoms with Crippen LogP contribution < -0.4 is 5.32 Å². The Kier molecular flexibility index (Phi) is 5.66. The maximum absolute atomic E-state index is 5.51. The van der Waals surface area contributed by atoms with E-state index in [4.69, 9.17) is 4.74 Å². The molecule has 0 aliphatic rings. The number of ether oxygens (including phenoxy) is 1. The van der Waals surface area contributed by atoms with Crippen LogP contribution in [0.15, 0.2) is 18.2 Å². The molecule has 0 aliphatic carbocycles. The summed E-state index contributed by atoms with van der Waals surface area (Å²) in [6.45, 7) is 12.3. The van der Waals surface area contributed by atoms with Gasteiger partial charge in [-0.15, -0.1) is 0 Å². The zero-order valence-electron chi connectivity index (χ0n) is 11.7. The van der Waals surface area contributed by atoms with Gasteiger partial charge in [-0.1, -0.05) is 29.3 Å². The topological polar surface area (TPSA) is 21.3 Å². The fraction of sp³-hybridized carbons (Fsp3) is 0.600. The lowest BCUT2D eigenvalue weighted by Crippen LogP contribution is -2.24. The molecule has 0 amide bonds. The monoisotopic (exact) mass is 235 g/mol. The van der Waals surface area contributed by atoms with Crippen molar-refractivity contribution in [2.24, 2.45) is 0 Å². The maximum Gasteiger partial charge on any atom is 0.0594 e. The molecule has 0 fully saturated rings. The van der Waals surface area contributed by atoms with Crippen molar-refractivity contribution in [1.82, 2.24) is 5.32 Å². The summed E-state index contributed by atoms with van der Waals surface area (Å²) in [5, 5.41) is 3.48. The average molecular weight is 235 g/mol. The Morgan fingerprint density at radius 1 is 1.06 bits per heavy atom. The van der Waals surface area contributed by atoms with Crippen molar-refractivity contribution in [2.45, 2.75) is 46.8 Å². The first kappa shape index (κ1) is 14.2. The molecular formula is C15H25NO. The number of hydrogen-bond donors (Lipinski definition) is 1. The van der Waals surface area contributed by atoms with Crippen LogP contribution in [0.4, 0.5) is 0 Å². The molecule has 2 nitrogen and oxygen atoms in total. The van der Waals surface area contributed by atoms with Gasteiger partial charge >= 0.3 is 0 Å². The zero-order chi connectivity index (χ0) is 12.8. The van der Waals surface area contributed by atoms with Crippen LogP contribution in [0.1, 0.15) is 43.5 Å². The molecule has 0 spiro atoms. The third-order valence-corrected chi connectivity index (χ3v) is 2.75. The zero-order valence-corrected chi connectivity index (χ0v) is 11.7. The van der Waals surface area contributed by atoms with Gasteiger partial charge in [-0.05, 0) is 40.2 Å². The molecule has 17 heavy (non-hydrogen) atoms. The molecule has 1 atom stereocenters. The molecule has 0 radical (unpaired) electrons. The third-order valence-electron chi connectivity index (χ3n) is 2.75. The Hall–Kier alpha value is -0.860. The normalized spacial score (nSPS) is 13.1. The first-order chi connectivity index (χ1) is 7.99. The van der Waals surface area contributed by atoms with E-state index >= 15 is 0 Å². The summed E-state index contributed by atoms with van der Waals surface area (Å²) in [5.41, 5.74) is 4.01. The van der Waals surface area contributed by atoms with E-state index in [1.807, 2.05) is 0 Å². The van der Waals surface area contributed by atoms with E-state index < -0.39 is 0 Å². The quantitative estimate of drug-likeness (QED) is 0.763. The lowest BCUT2D eigenvalue weighted by atomic mass is 10.0. The van der Waals surface area contributed by atoms with Crippen LogP contribution in [-0.2, 0) is 4.74 Å².